The number of anilines is 2. The van der Waals surface area contributed by atoms with Gasteiger partial charge in [0.15, 0.2) is 0 Å². The molecule has 0 fully saturated rings. The number of benzene rings is 1. The Kier molecular flexibility index (Phi) is 0.885. The second kappa shape index (κ2) is 1.50. The monoisotopic (exact) mass is 170 g/mol. The van der Waals surface area contributed by atoms with E-state index < -0.39 is 9.84 Å². The van der Waals surface area contributed by atoms with Crippen LogP contribution >= 0.6 is 0 Å². The van der Waals surface area contributed by atoms with Gasteiger partial charge in [0, 0.05) is 0 Å². The van der Waals surface area contributed by atoms with E-state index >= 15 is 0 Å². The van der Waals surface area contributed by atoms with Gasteiger partial charge in [-0.2, -0.15) is 0 Å². The van der Waals surface area contributed by atoms with Gasteiger partial charge in [-0.1, -0.05) is 0 Å². The molecule has 0 saturated carbocycles. The minimum absolute atomic E-state index is 0.183. The SMILES string of the molecule is Nc1ccc2c(c1N)S2(=O)=O. The topological polar surface area (TPSA) is 86.2 Å². The first-order valence-electron chi connectivity index (χ1n) is 2.98. The largest absolute Gasteiger partial charge is 0.397 e. The summed E-state index contributed by atoms with van der Waals surface area (Å²) in [4.78, 5) is 0.515. The Balaban J connectivity index is 2.84. The Labute approximate surface area is 63.7 Å². The van der Waals surface area contributed by atoms with Crippen molar-refractivity contribution in [1.29, 1.82) is 0 Å². The third-order valence-electron chi connectivity index (χ3n) is 1.71. The predicted molar refractivity (Wildman–Crippen MR) is 40.7 cm³/mol. The maximum Gasteiger partial charge on any atom is 0.211 e. The van der Waals surface area contributed by atoms with Crippen LogP contribution in [-0.2, 0) is 9.84 Å². The standard InChI is InChI=1S/C6H6N2O2S/c7-3-1-2-4-6(5(3)8)11(4,9)10/h1-2H,7-8H2. The van der Waals surface area contributed by atoms with Gasteiger partial charge >= 0.3 is 0 Å². The number of hydrogen-bond donors (Lipinski definition) is 2. The summed E-state index contributed by atoms with van der Waals surface area (Å²) in [5.41, 5.74) is 11.3. The highest BCUT2D eigenvalue weighted by Crippen LogP contribution is 2.46. The van der Waals surface area contributed by atoms with Crippen LogP contribution in [0.3, 0.4) is 0 Å². The van der Waals surface area contributed by atoms with Crippen LogP contribution in [0.1, 0.15) is 0 Å². The van der Waals surface area contributed by atoms with Crippen LogP contribution < -0.4 is 11.5 Å². The van der Waals surface area contributed by atoms with Crippen LogP contribution in [0.25, 0.3) is 0 Å². The van der Waals surface area contributed by atoms with Gasteiger partial charge < -0.3 is 11.5 Å². The van der Waals surface area contributed by atoms with Crippen LogP contribution in [0.2, 0.25) is 0 Å². The van der Waals surface area contributed by atoms with Gasteiger partial charge in [0.25, 0.3) is 0 Å². The molecule has 2 rings (SSSR count). The molecule has 0 saturated heterocycles. The second-order valence-corrected chi connectivity index (χ2v) is 4.25. The average Bonchev–Trinajstić information content (AvgIpc) is 2.46. The highest BCUT2D eigenvalue weighted by molar-refractivity contribution is 7.97. The molecule has 0 spiro atoms. The van der Waals surface area contributed by atoms with Crippen LogP contribution in [-0.4, -0.2) is 8.42 Å². The number of hydrogen-bond acceptors (Lipinski definition) is 4. The zero-order valence-corrected chi connectivity index (χ0v) is 6.35. The predicted octanol–water partition coefficient (Wildman–Crippen LogP) is -0.00280. The van der Waals surface area contributed by atoms with E-state index in [1.807, 2.05) is 0 Å². The van der Waals surface area contributed by atoms with Crippen molar-refractivity contribution in [2.45, 2.75) is 9.79 Å². The summed E-state index contributed by atoms with van der Waals surface area (Å²) in [5, 5.41) is 0. The Morgan fingerprint density at radius 1 is 1.18 bits per heavy atom. The molecule has 1 aromatic rings. The molecule has 0 aromatic heterocycles. The fourth-order valence-electron chi connectivity index (χ4n) is 1.04. The molecule has 1 heterocycles. The lowest BCUT2D eigenvalue weighted by atomic mass is 10.3. The van der Waals surface area contributed by atoms with E-state index in [-0.39, 0.29) is 10.6 Å². The van der Waals surface area contributed by atoms with Crippen molar-refractivity contribution in [2.24, 2.45) is 0 Å². The van der Waals surface area contributed by atoms with Gasteiger partial charge in [-0.05, 0) is 12.1 Å². The molecule has 4 nitrogen and oxygen atoms in total. The number of nitrogen functional groups attached to an aromatic ring is 2. The first-order chi connectivity index (χ1) is 5.05. The lowest BCUT2D eigenvalue weighted by Crippen LogP contribution is -1.92. The average molecular weight is 170 g/mol. The zero-order chi connectivity index (χ0) is 8.22. The molecule has 0 aliphatic carbocycles. The normalized spacial score (nSPS) is 17.5. The highest BCUT2D eigenvalue weighted by Gasteiger charge is 2.42. The van der Waals surface area contributed by atoms with Crippen molar-refractivity contribution in [2.75, 3.05) is 11.5 Å². The van der Waals surface area contributed by atoms with Gasteiger partial charge in [0.1, 0.15) is 4.90 Å². The van der Waals surface area contributed by atoms with Gasteiger partial charge in [-0.15, -0.1) is 0 Å². The van der Waals surface area contributed by atoms with E-state index in [2.05, 4.69) is 0 Å². The molecule has 5 heteroatoms. The Bertz CT molecular complexity index is 436. The van der Waals surface area contributed by atoms with Crippen LogP contribution in [0.15, 0.2) is 21.9 Å². The Hall–Kier alpha value is -1.23. The van der Waals surface area contributed by atoms with Crippen molar-refractivity contribution in [1.82, 2.24) is 0 Å². The third kappa shape index (κ3) is 0.605. The van der Waals surface area contributed by atoms with Crippen molar-refractivity contribution in [3.63, 3.8) is 0 Å². The first-order valence-corrected chi connectivity index (χ1v) is 4.46. The van der Waals surface area contributed by atoms with Crippen molar-refractivity contribution < 1.29 is 8.42 Å². The van der Waals surface area contributed by atoms with Crippen molar-refractivity contribution >= 4 is 21.2 Å². The molecule has 1 aliphatic heterocycles. The van der Waals surface area contributed by atoms with E-state index in [1.165, 1.54) is 12.1 Å². The number of sulfone groups is 1. The van der Waals surface area contributed by atoms with E-state index in [0.717, 1.165) is 0 Å². The van der Waals surface area contributed by atoms with E-state index in [9.17, 15) is 8.42 Å². The van der Waals surface area contributed by atoms with Gasteiger partial charge in [-0.25, -0.2) is 8.42 Å². The first kappa shape index (κ1) is 6.48. The molecule has 0 atom stereocenters. The summed E-state index contributed by atoms with van der Waals surface area (Å²) < 4.78 is 21.9. The molecule has 11 heavy (non-hydrogen) atoms. The molecule has 4 N–H and O–H groups in total. The maximum absolute atomic E-state index is 11.0. The summed E-state index contributed by atoms with van der Waals surface area (Å²) >= 11 is 0. The maximum atomic E-state index is 11.0. The van der Waals surface area contributed by atoms with Crippen molar-refractivity contribution in [3.05, 3.63) is 12.1 Å². The minimum Gasteiger partial charge on any atom is -0.397 e. The highest BCUT2D eigenvalue weighted by atomic mass is 32.2. The van der Waals surface area contributed by atoms with Crippen LogP contribution in [0.4, 0.5) is 11.4 Å². The van der Waals surface area contributed by atoms with Gasteiger partial charge in [0.05, 0.1) is 16.3 Å². The summed E-state index contributed by atoms with van der Waals surface area (Å²) in [6, 6.07) is 2.97. The summed E-state index contributed by atoms with van der Waals surface area (Å²) in [5.74, 6) is 0. The van der Waals surface area contributed by atoms with E-state index in [4.69, 9.17) is 11.5 Å². The Morgan fingerprint density at radius 2 is 1.82 bits per heavy atom. The second-order valence-electron chi connectivity index (χ2n) is 2.40. The quantitative estimate of drug-likeness (QED) is 0.430. The number of nitrogens with two attached hydrogens (primary N) is 2. The molecule has 1 aliphatic rings. The van der Waals surface area contributed by atoms with Gasteiger partial charge in [0.2, 0.25) is 9.84 Å². The van der Waals surface area contributed by atoms with Gasteiger partial charge in [-0.3, -0.25) is 0 Å². The fourth-order valence-corrected chi connectivity index (χ4v) is 2.49. The van der Waals surface area contributed by atoms with Crippen LogP contribution in [0.5, 0.6) is 0 Å². The lowest BCUT2D eigenvalue weighted by molar-refractivity contribution is 0.612. The Morgan fingerprint density at radius 3 is 2.36 bits per heavy atom. The van der Waals surface area contributed by atoms with E-state index in [0.29, 0.717) is 10.6 Å². The zero-order valence-electron chi connectivity index (χ0n) is 5.53. The molecule has 58 valence electrons. The molecular weight excluding hydrogens is 164 g/mol. The van der Waals surface area contributed by atoms with E-state index in [1.54, 1.807) is 0 Å². The molecule has 1 aromatic carbocycles. The minimum atomic E-state index is -3.13. The molecule has 0 radical (unpaired) electrons. The molecule has 0 unspecified atom stereocenters. The summed E-state index contributed by atoms with van der Waals surface area (Å²) in [6.07, 6.45) is 0. The summed E-state index contributed by atoms with van der Waals surface area (Å²) in [6.45, 7) is 0. The number of fused-ring (bicyclic) bond motifs is 1. The van der Waals surface area contributed by atoms with Crippen molar-refractivity contribution in [3.8, 4) is 0 Å². The fraction of sp³-hybridized carbons (Fsp3) is 0. The number of rotatable bonds is 0. The lowest BCUT2D eigenvalue weighted by Gasteiger charge is -1.91. The molecule has 0 bridgehead atoms. The third-order valence-corrected chi connectivity index (χ3v) is 3.40. The smallest absolute Gasteiger partial charge is 0.211 e. The van der Waals surface area contributed by atoms with Crippen LogP contribution in [0, 0.1) is 0 Å². The summed E-state index contributed by atoms with van der Waals surface area (Å²) in [7, 11) is -3.13. The molecule has 0 amide bonds. The molecular formula is C6H6N2O2S.